The van der Waals surface area contributed by atoms with Crippen molar-refractivity contribution < 1.29 is 13.2 Å². The van der Waals surface area contributed by atoms with Gasteiger partial charge in [-0.1, -0.05) is 0 Å². The Morgan fingerprint density at radius 1 is 1.36 bits per heavy atom. The summed E-state index contributed by atoms with van der Waals surface area (Å²) in [5.41, 5.74) is 0. The van der Waals surface area contributed by atoms with Gasteiger partial charge in [-0.15, -0.1) is 0 Å². The highest BCUT2D eigenvalue weighted by atomic mass is 32.2. The van der Waals surface area contributed by atoms with Crippen LogP contribution in [0.5, 0.6) is 0 Å². The fraction of sp³-hybridized carbons (Fsp3) is 0.875. The third-order valence-corrected chi connectivity index (χ3v) is 4.01. The van der Waals surface area contributed by atoms with Gasteiger partial charge in [0, 0.05) is 19.5 Å². The van der Waals surface area contributed by atoms with E-state index in [2.05, 4.69) is 0 Å². The van der Waals surface area contributed by atoms with Crippen LogP contribution in [0.2, 0.25) is 0 Å². The summed E-state index contributed by atoms with van der Waals surface area (Å²) in [6, 6.07) is 1.94. The van der Waals surface area contributed by atoms with Crippen molar-refractivity contribution in [2.24, 2.45) is 0 Å². The van der Waals surface area contributed by atoms with E-state index < -0.39 is 10.0 Å². The zero-order valence-electron chi connectivity index (χ0n) is 7.98. The zero-order chi connectivity index (χ0) is 10.4. The lowest BCUT2D eigenvalue weighted by Crippen LogP contribution is -2.41. The van der Waals surface area contributed by atoms with Gasteiger partial charge in [0.1, 0.15) is 0 Å². The number of nitrogens with zero attached hydrogens (tertiary/aromatic N) is 2. The molecule has 0 saturated carbocycles. The Morgan fingerprint density at radius 2 is 2.00 bits per heavy atom. The topological polar surface area (TPSA) is 70.4 Å². The minimum atomic E-state index is -3.15. The van der Waals surface area contributed by atoms with Crippen LogP contribution in [-0.2, 0) is 14.8 Å². The molecule has 1 aliphatic heterocycles. The Morgan fingerprint density at radius 3 is 2.57 bits per heavy atom. The summed E-state index contributed by atoms with van der Waals surface area (Å²) in [7, 11) is -3.15. The van der Waals surface area contributed by atoms with Crippen molar-refractivity contribution in [1.29, 1.82) is 5.26 Å². The number of ether oxygens (including phenoxy) is 1. The highest BCUT2D eigenvalue weighted by molar-refractivity contribution is 7.89. The number of hydrogen-bond donors (Lipinski definition) is 0. The molecule has 0 atom stereocenters. The first-order valence-electron chi connectivity index (χ1n) is 4.59. The van der Waals surface area contributed by atoms with Crippen LogP contribution in [0.4, 0.5) is 0 Å². The van der Waals surface area contributed by atoms with Crippen LogP contribution in [0, 0.1) is 11.3 Å². The van der Waals surface area contributed by atoms with Crippen LogP contribution >= 0.6 is 0 Å². The highest BCUT2D eigenvalue weighted by Crippen LogP contribution is 2.07. The van der Waals surface area contributed by atoms with Crippen molar-refractivity contribution in [3.63, 3.8) is 0 Å². The van der Waals surface area contributed by atoms with Crippen LogP contribution in [0.3, 0.4) is 0 Å². The minimum absolute atomic E-state index is 0.0700. The Kier molecular flexibility index (Phi) is 4.32. The Balaban J connectivity index is 2.43. The monoisotopic (exact) mass is 218 g/mol. The van der Waals surface area contributed by atoms with Crippen LogP contribution < -0.4 is 0 Å². The SMILES string of the molecule is N#CCCCS(=O)(=O)N1CCOCC1. The molecule has 6 heteroatoms. The summed E-state index contributed by atoms with van der Waals surface area (Å²) in [6.07, 6.45) is 0.708. The molecule has 1 fully saturated rings. The molecule has 0 spiro atoms. The van der Waals surface area contributed by atoms with Gasteiger partial charge in [0.2, 0.25) is 10.0 Å². The number of nitriles is 1. The lowest BCUT2D eigenvalue weighted by molar-refractivity contribution is 0.0730. The van der Waals surface area contributed by atoms with Gasteiger partial charge in [0.15, 0.2) is 0 Å². The first kappa shape index (κ1) is 11.4. The van der Waals surface area contributed by atoms with Gasteiger partial charge in [0.05, 0.1) is 25.0 Å². The molecular formula is C8H14N2O3S. The quantitative estimate of drug-likeness (QED) is 0.620. The van der Waals surface area contributed by atoms with Gasteiger partial charge in [-0.3, -0.25) is 0 Å². The van der Waals surface area contributed by atoms with Crippen LogP contribution in [-0.4, -0.2) is 44.8 Å². The maximum atomic E-state index is 11.6. The van der Waals surface area contributed by atoms with Crippen molar-refractivity contribution >= 4 is 10.0 Å². The molecule has 0 aromatic carbocycles. The van der Waals surface area contributed by atoms with Crippen molar-refractivity contribution in [1.82, 2.24) is 4.31 Å². The van der Waals surface area contributed by atoms with Gasteiger partial charge >= 0.3 is 0 Å². The van der Waals surface area contributed by atoms with Gasteiger partial charge in [0.25, 0.3) is 0 Å². The normalized spacial score (nSPS) is 19.1. The fourth-order valence-corrected chi connectivity index (χ4v) is 2.76. The number of sulfonamides is 1. The third-order valence-electron chi connectivity index (χ3n) is 2.05. The molecule has 0 N–H and O–H groups in total. The van der Waals surface area contributed by atoms with E-state index in [9.17, 15) is 8.42 Å². The van der Waals surface area contributed by atoms with Crippen LogP contribution in [0.25, 0.3) is 0 Å². The largest absolute Gasteiger partial charge is 0.379 e. The molecule has 14 heavy (non-hydrogen) atoms. The Bertz CT molecular complexity index is 301. The first-order chi connectivity index (χ1) is 6.67. The molecule has 0 aromatic rings. The summed E-state index contributed by atoms with van der Waals surface area (Å²) in [5, 5.41) is 8.30. The molecule has 1 heterocycles. The summed E-state index contributed by atoms with van der Waals surface area (Å²) >= 11 is 0. The average Bonchev–Trinajstić information content (AvgIpc) is 2.19. The van der Waals surface area contributed by atoms with E-state index in [0.717, 1.165) is 0 Å². The third kappa shape index (κ3) is 3.25. The Hall–Kier alpha value is -0.640. The van der Waals surface area contributed by atoms with E-state index in [-0.39, 0.29) is 5.75 Å². The standard InChI is InChI=1S/C8H14N2O3S/c9-3-1-2-8-14(11,12)10-4-6-13-7-5-10/h1-2,4-8H2. The maximum absolute atomic E-state index is 11.6. The minimum Gasteiger partial charge on any atom is -0.379 e. The molecule has 0 aromatic heterocycles. The highest BCUT2D eigenvalue weighted by Gasteiger charge is 2.23. The molecule has 80 valence electrons. The van der Waals surface area contributed by atoms with Crippen molar-refractivity contribution in [3.8, 4) is 6.07 Å². The van der Waals surface area contributed by atoms with Gasteiger partial charge < -0.3 is 4.74 Å². The first-order valence-corrected chi connectivity index (χ1v) is 6.20. The second kappa shape index (κ2) is 5.29. The van der Waals surface area contributed by atoms with Gasteiger partial charge in [-0.25, -0.2) is 8.42 Å². The van der Waals surface area contributed by atoms with E-state index in [0.29, 0.717) is 39.1 Å². The molecule has 0 unspecified atom stereocenters. The van der Waals surface area contributed by atoms with Gasteiger partial charge in [-0.05, 0) is 6.42 Å². The summed E-state index contributed by atoms with van der Waals surface area (Å²) in [5.74, 6) is 0.0700. The fourth-order valence-electron chi connectivity index (χ4n) is 1.29. The zero-order valence-corrected chi connectivity index (χ0v) is 8.79. The van der Waals surface area contributed by atoms with Gasteiger partial charge in [-0.2, -0.15) is 9.57 Å². The second-order valence-corrected chi connectivity index (χ2v) is 5.18. The summed E-state index contributed by atoms with van der Waals surface area (Å²) in [4.78, 5) is 0. The van der Waals surface area contributed by atoms with E-state index >= 15 is 0 Å². The van der Waals surface area contributed by atoms with E-state index in [1.54, 1.807) is 0 Å². The molecule has 1 rings (SSSR count). The van der Waals surface area contributed by atoms with Crippen molar-refractivity contribution in [3.05, 3.63) is 0 Å². The molecule has 1 aliphatic rings. The van der Waals surface area contributed by atoms with Crippen LogP contribution in [0.15, 0.2) is 0 Å². The number of unbranched alkanes of at least 4 members (excludes halogenated alkanes) is 1. The molecule has 0 bridgehead atoms. The molecule has 5 nitrogen and oxygen atoms in total. The average molecular weight is 218 g/mol. The molecule has 0 radical (unpaired) electrons. The molecule has 0 amide bonds. The van der Waals surface area contributed by atoms with E-state index in [4.69, 9.17) is 10.00 Å². The predicted octanol–water partition coefficient (Wildman–Crippen LogP) is -0.0478. The summed E-state index contributed by atoms with van der Waals surface area (Å²) in [6.45, 7) is 1.82. The second-order valence-electron chi connectivity index (χ2n) is 3.09. The van der Waals surface area contributed by atoms with E-state index in [1.807, 2.05) is 6.07 Å². The lowest BCUT2D eigenvalue weighted by atomic mass is 10.4. The predicted molar refractivity (Wildman–Crippen MR) is 51.0 cm³/mol. The van der Waals surface area contributed by atoms with Crippen molar-refractivity contribution in [2.75, 3.05) is 32.1 Å². The van der Waals surface area contributed by atoms with E-state index in [1.165, 1.54) is 4.31 Å². The Labute approximate surface area is 84.3 Å². The smallest absolute Gasteiger partial charge is 0.214 e. The number of rotatable bonds is 4. The molecular weight excluding hydrogens is 204 g/mol. The lowest BCUT2D eigenvalue weighted by Gasteiger charge is -2.25. The molecule has 1 saturated heterocycles. The molecule has 0 aliphatic carbocycles. The van der Waals surface area contributed by atoms with Crippen molar-refractivity contribution in [2.45, 2.75) is 12.8 Å². The van der Waals surface area contributed by atoms with Crippen LogP contribution in [0.1, 0.15) is 12.8 Å². The number of morpholine rings is 1. The number of hydrogen-bond acceptors (Lipinski definition) is 4. The summed E-state index contributed by atoms with van der Waals surface area (Å²) < 4.78 is 29.7. The maximum Gasteiger partial charge on any atom is 0.214 e.